The number of aryl methyl sites for hydroxylation is 1. The average molecular weight is 584 g/mol. The molecule has 5 aromatic rings. The summed E-state index contributed by atoms with van der Waals surface area (Å²) in [5.74, 6) is 1.37. The summed E-state index contributed by atoms with van der Waals surface area (Å²) in [6, 6.07) is 10.7. The monoisotopic (exact) mass is 583 g/mol. The molecule has 1 saturated heterocycles. The van der Waals surface area contributed by atoms with E-state index in [9.17, 15) is 4.79 Å². The number of carbonyl (C=O) groups is 1. The summed E-state index contributed by atoms with van der Waals surface area (Å²) in [5.41, 5.74) is 2.93. The predicted octanol–water partition coefficient (Wildman–Crippen LogP) is 4.52. The Morgan fingerprint density at radius 2 is 1.98 bits per heavy atom. The molecule has 1 fully saturated rings. The highest BCUT2D eigenvalue weighted by Gasteiger charge is 2.27. The minimum atomic E-state index is -0.560. The number of hydrogen-bond donors (Lipinski definition) is 1. The number of nitrogens with one attached hydrogen (secondary N) is 1. The quantitative estimate of drug-likeness (QED) is 0.274. The second kappa shape index (κ2) is 11.2. The molecule has 4 heterocycles. The number of benzene rings is 2. The van der Waals surface area contributed by atoms with Crippen molar-refractivity contribution in [1.82, 2.24) is 34.8 Å². The van der Waals surface area contributed by atoms with Crippen LogP contribution in [-0.4, -0.2) is 73.5 Å². The molecule has 220 valence electrons. The van der Waals surface area contributed by atoms with Crippen LogP contribution in [0.15, 0.2) is 55.4 Å². The lowest BCUT2D eigenvalue weighted by Crippen LogP contribution is -2.53. The molecule has 1 aliphatic heterocycles. The SMILES string of the molecule is C=CC(=O)N1CCN(c2ccc3ncnc(Nc4c(OC)cc(Oc5ccc6c(c5)nnn6C)c(C)c4F)c3n2)C[C@H]1C. The molecular formula is C30H30FN9O3. The second-order valence-corrected chi connectivity index (χ2v) is 10.3. The van der Waals surface area contributed by atoms with Gasteiger partial charge in [-0.3, -0.25) is 4.79 Å². The zero-order chi connectivity index (χ0) is 30.2. The number of piperazine rings is 1. The number of amides is 1. The lowest BCUT2D eigenvalue weighted by Gasteiger charge is -2.40. The van der Waals surface area contributed by atoms with Gasteiger partial charge in [0.05, 0.1) is 18.1 Å². The third-order valence-corrected chi connectivity index (χ3v) is 7.58. The van der Waals surface area contributed by atoms with E-state index in [1.54, 1.807) is 41.8 Å². The van der Waals surface area contributed by atoms with Crippen LogP contribution >= 0.6 is 0 Å². The molecule has 1 amide bonds. The first-order chi connectivity index (χ1) is 20.8. The molecule has 3 aromatic heterocycles. The Balaban J connectivity index is 1.30. The van der Waals surface area contributed by atoms with E-state index in [0.29, 0.717) is 59.3 Å². The van der Waals surface area contributed by atoms with Gasteiger partial charge in [-0.15, -0.1) is 5.10 Å². The fraction of sp³-hybridized carbons (Fsp3) is 0.267. The molecule has 12 nitrogen and oxygen atoms in total. The Labute approximate surface area is 246 Å². The number of ether oxygens (including phenoxy) is 2. The molecule has 2 aromatic carbocycles. The molecule has 6 rings (SSSR count). The van der Waals surface area contributed by atoms with Crippen LogP contribution in [0.25, 0.3) is 22.1 Å². The molecule has 1 N–H and O–H groups in total. The number of aromatic nitrogens is 6. The van der Waals surface area contributed by atoms with Crippen molar-refractivity contribution in [3.05, 3.63) is 66.8 Å². The van der Waals surface area contributed by atoms with Crippen molar-refractivity contribution in [1.29, 1.82) is 0 Å². The van der Waals surface area contributed by atoms with E-state index in [-0.39, 0.29) is 28.9 Å². The van der Waals surface area contributed by atoms with Crippen LogP contribution in [0.3, 0.4) is 0 Å². The van der Waals surface area contributed by atoms with Crippen molar-refractivity contribution in [3.8, 4) is 17.2 Å². The number of pyridine rings is 1. The van der Waals surface area contributed by atoms with Gasteiger partial charge in [-0.05, 0) is 44.2 Å². The first kappa shape index (κ1) is 27.8. The maximum Gasteiger partial charge on any atom is 0.246 e. The summed E-state index contributed by atoms with van der Waals surface area (Å²) >= 11 is 0. The van der Waals surface area contributed by atoms with Gasteiger partial charge in [-0.1, -0.05) is 11.8 Å². The molecule has 0 radical (unpaired) electrons. The summed E-state index contributed by atoms with van der Waals surface area (Å²) in [6.07, 6.45) is 2.73. The fourth-order valence-corrected chi connectivity index (χ4v) is 5.22. The highest BCUT2D eigenvalue weighted by atomic mass is 19.1. The van der Waals surface area contributed by atoms with Gasteiger partial charge < -0.3 is 24.6 Å². The van der Waals surface area contributed by atoms with Crippen LogP contribution < -0.4 is 19.7 Å². The predicted molar refractivity (Wildman–Crippen MR) is 160 cm³/mol. The number of fused-ring (bicyclic) bond motifs is 2. The molecule has 1 aliphatic rings. The first-order valence-corrected chi connectivity index (χ1v) is 13.7. The van der Waals surface area contributed by atoms with Gasteiger partial charge in [0.1, 0.15) is 46.1 Å². The van der Waals surface area contributed by atoms with E-state index in [1.807, 2.05) is 25.1 Å². The summed E-state index contributed by atoms with van der Waals surface area (Å²) in [7, 11) is 3.26. The molecule has 0 spiro atoms. The Bertz CT molecular complexity index is 1880. The number of methoxy groups -OCH3 is 1. The second-order valence-electron chi connectivity index (χ2n) is 10.3. The standard InChI is InChI=1S/C30H30FN9O3/c1-6-26(41)40-12-11-39(15-17(40)2)25-10-8-20-28(34-25)30(33-16-32-20)35-29-24(42-5)14-23(18(3)27(29)31)43-19-7-9-22-21(13-19)36-37-38(22)4/h6-10,13-14,16-17H,1,11-12,15H2,2-5H3,(H,32,33,35)/t17-/m1/s1. The number of halogens is 1. The van der Waals surface area contributed by atoms with Crippen LogP contribution in [0.2, 0.25) is 0 Å². The highest BCUT2D eigenvalue weighted by Crippen LogP contribution is 2.40. The van der Waals surface area contributed by atoms with Crippen LogP contribution in [0, 0.1) is 12.7 Å². The van der Waals surface area contributed by atoms with E-state index in [4.69, 9.17) is 14.5 Å². The Morgan fingerprint density at radius 1 is 1.14 bits per heavy atom. The number of rotatable bonds is 7. The van der Waals surface area contributed by atoms with E-state index in [1.165, 1.54) is 19.5 Å². The van der Waals surface area contributed by atoms with Crippen LogP contribution in [0.1, 0.15) is 12.5 Å². The number of anilines is 3. The number of nitrogens with zero attached hydrogens (tertiary/aromatic N) is 8. The van der Waals surface area contributed by atoms with Crippen molar-refractivity contribution >= 4 is 45.3 Å². The Kier molecular flexibility index (Phi) is 7.22. The van der Waals surface area contributed by atoms with Crippen molar-refractivity contribution in [2.45, 2.75) is 19.9 Å². The molecule has 13 heteroatoms. The van der Waals surface area contributed by atoms with Crippen molar-refractivity contribution < 1.29 is 18.7 Å². The van der Waals surface area contributed by atoms with Gasteiger partial charge in [-0.25, -0.2) is 24.0 Å². The van der Waals surface area contributed by atoms with E-state index >= 15 is 4.39 Å². The molecule has 43 heavy (non-hydrogen) atoms. The maximum absolute atomic E-state index is 15.9. The summed E-state index contributed by atoms with van der Waals surface area (Å²) < 4.78 is 29.2. The largest absolute Gasteiger partial charge is 0.494 e. The number of carbonyl (C=O) groups excluding carboxylic acids is 1. The van der Waals surface area contributed by atoms with Crippen molar-refractivity contribution in [3.63, 3.8) is 0 Å². The maximum atomic E-state index is 15.9. The molecular weight excluding hydrogens is 553 g/mol. The molecule has 0 bridgehead atoms. The Hall–Kier alpha value is -5.33. The van der Waals surface area contributed by atoms with E-state index < -0.39 is 5.82 Å². The molecule has 0 saturated carbocycles. The van der Waals surface area contributed by atoms with Crippen LogP contribution in [0.5, 0.6) is 17.2 Å². The minimum absolute atomic E-state index is 0.0223. The minimum Gasteiger partial charge on any atom is -0.494 e. The van der Waals surface area contributed by atoms with Gasteiger partial charge in [-0.2, -0.15) is 0 Å². The van der Waals surface area contributed by atoms with Gasteiger partial charge >= 0.3 is 0 Å². The topological polar surface area (TPSA) is 123 Å². The lowest BCUT2D eigenvalue weighted by atomic mass is 10.1. The summed E-state index contributed by atoms with van der Waals surface area (Å²) in [6.45, 7) is 8.96. The van der Waals surface area contributed by atoms with Crippen LogP contribution in [0.4, 0.5) is 21.7 Å². The van der Waals surface area contributed by atoms with Gasteiger partial charge in [0.2, 0.25) is 5.91 Å². The van der Waals surface area contributed by atoms with E-state index in [2.05, 4.69) is 37.1 Å². The third kappa shape index (κ3) is 5.13. The summed E-state index contributed by atoms with van der Waals surface area (Å²) in [5, 5.41) is 11.2. The van der Waals surface area contributed by atoms with Gasteiger partial charge in [0.15, 0.2) is 11.6 Å². The first-order valence-electron chi connectivity index (χ1n) is 13.7. The fourth-order valence-electron chi connectivity index (χ4n) is 5.22. The Morgan fingerprint density at radius 3 is 2.74 bits per heavy atom. The van der Waals surface area contributed by atoms with Crippen molar-refractivity contribution in [2.75, 3.05) is 37.0 Å². The lowest BCUT2D eigenvalue weighted by molar-refractivity contribution is -0.128. The zero-order valence-electron chi connectivity index (χ0n) is 24.2. The van der Waals surface area contributed by atoms with Gasteiger partial charge in [0, 0.05) is 50.4 Å². The van der Waals surface area contributed by atoms with E-state index in [0.717, 1.165) is 5.52 Å². The van der Waals surface area contributed by atoms with Gasteiger partial charge in [0.25, 0.3) is 0 Å². The van der Waals surface area contributed by atoms with Crippen molar-refractivity contribution in [2.24, 2.45) is 7.05 Å². The summed E-state index contributed by atoms with van der Waals surface area (Å²) in [4.78, 5) is 29.6. The normalized spacial score (nSPS) is 15.1. The van der Waals surface area contributed by atoms with Crippen LogP contribution in [-0.2, 0) is 11.8 Å². The molecule has 0 aliphatic carbocycles. The third-order valence-electron chi connectivity index (χ3n) is 7.58. The zero-order valence-corrected chi connectivity index (χ0v) is 24.2. The molecule has 0 unspecified atom stereocenters. The smallest absolute Gasteiger partial charge is 0.246 e. The molecule has 1 atom stereocenters. The highest BCUT2D eigenvalue weighted by molar-refractivity contribution is 5.89. The number of hydrogen-bond acceptors (Lipinski definition) is 10. The average Bonchev–Trinajstić information content (AvgIpc) is 3.39.